The van der Waals surface area contributed by atoms with Crippen molar-refractivity contribution in [2.45, 2.75) is 32.9 Å². The minimum atomic E-state index is -0.378. The van der Waals surface area contributed by atoms with Gasteiger partial charge in [0.2, 0.25) is 5.95 Å². The Morgan fingerprint density at radius 3 is 2.68 bits per heavy atom. The van der Waals surface area contributed by atoms with Gasteiger partial charge in [-0.3, -0.25) is 4.90 Å². The van der Waals surface area contributed by atoms with Crippen molar-refractivity contribution in [1.29, 1.82) is 0 Å². The third kappa shape index (κ3) is 4.30. The molecule has 0 aliphatic carbocycles. The highest BCUT2D eigenvalue weighted by Crippen LogP contribution is 2.27. The lowest BCUT2D eigenvalue weighted by atomic mass is 10.0. The monoisotopic (exact) mass is 422 g/mol. The number of nitrogens with one attached hydrogen (secondary N) is 1. The van der Waals surface area contributed by atoms with E-state index >= 15 is 0 Å². The number of ether oxygens (including phenoxy) is 2. The Balaban J connectivity index is 1.49. The Morgan fingerprint density at radius 1 is 1.19 bits per heavy atom. The average Bonchev–Trinajstić information content (AvgIpc) is 3.41. The lowest BCUT2D eigenvalue weighted by Gasteiger charge is -2.23. The van der Waals surface area contributed by atoms with Crippen molar-refractivity contribution in [3.8, 4) is 11.4 Å². The maximum Gasteiger partial charge on any atom is 0.415 e. The van der Waals surface area contributed by atoms with E-state index in [1.54, 1.807) is 35.2 Å². The fourth-order valence-corrected chi connectivity index (χ4v) is 3.46. The minimum Gasteiger partial charge on any atom is -0.497 e. The van der Waals surface area contributed by atoms with Gasteiger partial charge in [-0.25, -0.2) is 14.5 Å². The number of carbonyl (C=O) groups is 1. The molecule has 1 aliphatic heterocycles. The van der Waals surface area contributed by atoms with E-state index < -0.39 is 0 Å². The van der Waals surface area contributed by atoms with Crippen molar-refractivity contribution >= 4 is 17.9 Å². The minimum absolute atomic E-state index is 0.0459. The van der Waals surface area contributed by atoms with Gasteiger partial charge in [-0.2, -0.15) is 10.1 Å². The van der Waals surface area contributed by atoms with Crippen LogP contribution in [-0.4, -0.2) is 45.6 Å². The number of nitrogens with zero attached hydrogens (tertiary/aromatic N) is 5. The normalized spacial score (nSPS) is 17.0. The van der Waals surface area contributed by atoms with Gasteiger partial charge < -0.3 is 14.8 Å². The van der Waals surface area contributed by atoms with Crippen LogP contribution in [0.3, 0.4) is 0 Å². The van der Waals surface area contributed by atoms with Gasteiger partial charge in [0, 0.05) is 18.0 Å². The summed E-state index contributed by atoms with van der Waals surface area (Å²) in [6.45, 7) is 6.49. The predicted molar refractivity (Wildman–Crippen MR) is 117 cm³/mol. The van der Waals surface area contributed by atoms with Gasteiger partial charge in [0.25, 0.3) is 0 Å². The second kappa shape index (κ2) is 8.63. The molecule has 0 spiro atoms. The molecular formula is C22H26N6O3. The predicted octanol–water partition coefficient (Wildman–Crippen LogP) is 3.83. The molecule has 0 bridgehead atoms. The first-order valence-electron chi connectivity index (χ1n) is 10.2. The van der Waals surface area contributed by atoms with Gasteiger partial charge in [-0.05, 0) is 43.2 Å². The zero-order valence-electron chi connectivity index (χ0n) is 18.0. The molecule has 0 saturated carbocycles. The Morgan fingerprint density at radius 2 is 1.97 bits per heavy atom. The van der Waals surface area contributed by atoms with E-state index in [0.717, 1.165) is 17.0 Å². The van der Waals surface area contributed by atoms with E-state index in [1.807, 2.05) is 37.4 Å². The van der Waals surface area contributed by atoms with Gasteiger partial charge in [0.05, 0.1) is 31.1 Å². The molecule has 1 aliphatic rings. The molecule has 162 valence electrons. The quantitative estimate of drug-likeness (QED) is 0.618. The van der Waals surface area contributed by atoms with Crippen LogP contribution < -0.4 is 15.0 Å². The van der Waals surface area contributed by atoms with Crippen molar-refractivity contribution < 1.29 is 14.3 Å². The van der Waals surface area contributed by atoms with Crippen molar-refractivity contribution in [2.75, 3.05) is 23.9 Å². The molecule has 0 unspecified atom stereocenters. The number of methoxy groups -OCH3 is 1. The summed E-state index contributed by atoms with van der Waals surface area (Å²) >= 11 is 0. The molecule has 31 heavy (non-hydrogen) atoms. The molecule has 1 amide bonds. The van der Waals surface area contributed by atoms with Crippen LogP contribution in [0.4, 0.5) is 16.6 Å². The van der Waals surface area contributed by atoms with Crippen LogP contribution in [0.15, 0.2) is 48.9 Å². The summed E-state index contributed by atoms with van der Waals surface area (Å²) in [6, 6.07) is 9.27. The third-order valence-corrected chi connectivity index (χ3v) is 5.35. The second-order valence-electron chi connectivity index (χ2n) is 7.78. The number of benzene rings is 1. The van der Waals surface area contributed by atoms with E-state index in [1.165, 1.54) is 0 Å². The van der Waals surface area contributed by atoms with Gasteiger partial charge >= 0.3 is 6.09 Å². The molecule has 1 N–H and O–H groups in total. The van der Waals surface area contributed by atoms with Crippen LogP contribution in [0.5, 0.6) is 5.75 Å². The van der Waals surface area contributed by atoms with E-state index in [0.29, 0.717) is 18.4 Å². The number of hydrogen-bond acceptors (Lipinski definition) is 7. The zero-order chi connectivity index (χ0) is 22.0. The van der Waals surface area contributed by atoms with Crippen molar-refractivity contribution in [3.63, 3.8) is 0 Å². The molecule has 0 radical (unpaired) electrons. The maximum atomic E-state index is 12.2. The summed E-state index contributed by atoms with van der Waals surface area (Å²) in [7, 11) is 1.64. The third-order valence-electron chi connectivity index (χ3n) is 5.35. The molecule has 4 rings (SSSR count). The molecule has 9 heteroatoms. The Bertz CT molecular complexity index is 1050. The largest absolute Gasteiger partial charge is 0.497 e. The van der Waals surface area contributed by atoms with Crippen LogP contribution in [0, 0.1) is 5.92 Å². The van der Waals surface area contributed by atoms with E-state index in [2.05, 4.69) is 34.2 Å². The lowest BCUT2D eigenvalue weighted by Crippen LogP contribution is -2.37. The molecule has 9 nitrogen and oxygen atoms in total. The first kappa shape index (κ1) is 20.6. The number of carbonyl (C=O) groups excluding carboxylic acids is 1. The number of anilines is 2. The molecule has 1 fully saturated rings. The number of cyclic esters (lactones) is 1. The second-order valence-corrected chi connectivity index (χ2v) is 7.78. The summed E-state index contributed by atoms with van der Waals surface area (Å²) in [4.78, 5) is 22.7. The fraction of sp³-hybridized carbons (Fsp3) is 0.364. The number of amides is 1. The smallest absolute Gasteiger partial charge is 0.415 e. The van der Waals surface area contributed by atoms with Crippen LogP contribution in [-0.2, 0) is 4.74 Å². The summed E-state index contributed by atoms with van der Waals surface area (Å²) in [5.41, 5.74) is 1.91. The molecule has 2 aromatic heterocycles. The zero-order valence-corrected chi connectivity index (χ0v) is 18.0. The van der Waals surface area contributed by atoms with E-state index in [4.69, 9.17) is 9.47 Å². The summed E-state index contributed by atoms with van der Waals surface area (Å²) in [5.74, 6) is 2.01. The van der Waals surface area contributed by atoms with Gasteiger partial charge in [0.15, 0.2) is 0 Å². The van der Waals surface area contributed by atoms with Crippen molar-refractivity contribution in [1.82, 2.24) is 19.7 Å². The summed E-state index contributed by atoms with van der Waals surface area (Å²) in [5, 5.41) is 7.74. The van der Waals surface area contributed by atoms with Gasteiger partial charge in [-0.15, -0.1) is 0 Å². The first-order chi connectivity index (χ1) is 15.0. The molecule has 2 atom stereocenters. The van der Waals surface area contributed by atoms with Gasteiger partial charge in [-0.1, -0.05) is 13.8 Å². The summed E-state index contributed by atoms with van der Waals surface area (Å²) in [6.07, 6.45) is 5.02. The Kier molecular flexibility index (Phi) is 5.75. The first-order valence-corrected chi connectivity index (χ1v) is 10.2. The van der Waals surface area contributed by atoms with Gasteiger partial charge in [0.1, 0.15) is 18.2 Å². The molecule has 1 saturated heterocycles. The number of hydrogen-bond donors (Lipinski definition) is 1. The molecule has 3 heterocycles. The molecule has 1 aromatic carbocycles. The highest BCUT2D eigenvalue weighted by Gasteiger charge is 2.37. The number of aromatic nitrogens is 4. The van der Waals surface area contributed by atoms with Crippen LogP contribution in [0.1, 0.15) is 32.4 Å². The van der Waals surface area contributed by atoms with Crippen LogP contribution in [0.2, 0.25) is 0 Å². The van der Waals surface area contributed by atoms with Crippen LogP contribution in [0.25, 0.3) is 5.69 Å². The Labute approximate surface area is 181 Å². The standard InChI is InChI=1S/C22H26N6O3/c1-14(2)19-13-31-22(29)28(19)20-9-10-23-21(26-20)25-15(3)16-11-24-27(12-16)17-5-7-18(30-4)8-6-17/h5-12,14-15,19H,13H2,1-4H3,(H,23,25,26)/t15-,19-/m1/s1. The summed E-state index contributed by atoms with van der Waals surface area (Å²) < 4.78 is 12.2. The SMILES string of the molecule is COc1ccc(-n2cc([C@@H](C)Nc3nccc(N4C(=O)OC[C@@H]4C(C)C)n3)cn2)cc1. The lowest BCUT2D eigenvalue weighted by molar-refractivity contribution is 0.177. The molecule has 3 aromatic rings. The highest BCUT2D eigenvalue weighted by atomic mass is 16.6. The van der Waals surface area contributed by atoms with E-state index in [-0.39, 0.29) is 24.1 Å². The van der Waals surface area contributed by atoms with E-state index in [9.17, 15) is 4.79 Å². The topological polar surface area (TPSA) is 94.4 Å². The number of rotatable bonds is 7. The van der Waals surface area contributed by atoms with Crippen molar-refractivity contribution in [2.24, 2.45) is 5.92 Å². The molecular weight excluding hydrogens is 396 g/mol. The van der Waals surface area contributed by atoms with Crippen LogP contribution >= 0.6 is 0 Å². The van der Waals surface area contributed by atoms with Crippen molar-refractivity contribution in [3.05, 3.63) is 54.5 Å². The maximum absolute atomic E-state index is 12.2. The Hall–Kier alpha value is -3.62. The highest BCUT2D eigenvalue weighted by molar-refractivity contribution is 5.89. The fourth-order valence-electron chi connectivity index (χ4n) is 3.46. The average molecular weight is 422 g/mol.